The van der Waals surface area contributed by atoms with Crippen LogP contribution in [0.25, 0.3) is 11.1 Å². The Morgan fingerprint density at radius 2 is 1.27 bits per heavy atom. The Labute approximate surface area is 249 Å². The fourth-order valence-corrected chi connectivity index (χ4v) is 4.91. The molecule has 0 N–H and O–H groups in total. The molecule has 0 bridgehead atoms. The van der Waals surface area contributed by atoms with Crippen LogP contribution in [0.4, 0.5) is 48.3 Å². The van der Waals surface area contributed by atoms with Gasteiger partial charge in [0.25, 0.3) is 0 Å². The molecular weight excluding hydrogens is 629 g/mol. The van der Waals surface area contributed by atoms with Crippen molar-refractivity contribution >= 4 is 0 Å². The Kier molecular flexibility index (Phi) is 10.0. The smallest absolute Gasteiger partial charge is 0.432 e. The minimum Gasteiger partial charge on any atom is -0.432 e. The van der Waals surface area contributed by atoms with Gasteiger partial charge in [-0.25, -0.2) is 17.6 Å². The molecule has 1 saturated carbocycles. The van der Waals surface area contributed by atoms with E-state index in [0.29, 0.717) is 25.0 Å². The van der Waals surface area contributed by atoms with E-state index in [2.05, 4.69) is 9.47 Å². The highest BCUT2D eigenvalue weighted by Crippen LogP contribution is 2.42. The van der Waals surface area contributed by atoms with Gasteiger partial charge < -0.3 is 14.2 Å². The first-order valence-electron chi connectivity index (χ1n) is 13.4. The highest BCUT2D eigenvalue weighted by Gasteiger charge is 2.44. The van der Waals surface area contributed by atoms with E-state index >= 15 is 0 Å². The highest BCUT2D eigenvalue weighted by atomic mass is 19.3. The predicted octanol–water partition coefficient (Wildman–Crippen LogP) is 10.8. The van der Waals surface area contributed by atoms with Crippen molar-refractivity contribution in [1.29, 1.82) is 0 Å². The van der Waals surface area contributed by atoms with Gasteiger partial charge in [0, 0.05) is 12.1 Å². The lowest BCUT2D eigenvalue weighted by atomic mass is 9.81. The summed E-state index contributed by atoms with van der Waals surface area (Å²) in [5.74, 6) is -11.7. The number of hydrogen-bond acceptors (Lipinski definition) is 3. The molecule has 0 spiro atoms. The van der Waals surface area contributed by atoms with Crippen LogP contribution in [0.1, 0.15) is 38.2 Å². The van der Waals surface area contributed by atoms with Crippen molar-refractivity contribution in [2.75, 3.05) is 0 Å². The molecule has 242 valence electrons. The molecule has 0 aromatic heterocycles. The largest absolute Gasteiger partial charge is 0.432 e. The zero-order valence-electron chi connectivity index (χ0n) is 23.1. The van der Waals surface area contributed by atoms with E-state index < -0.39 is 70.6 Å². The zero-order valence-corrected chi connectivity index (χ0v) is 23.1. The van der Waals surface area contributed by atoms with Gasteiger partial charge in [0.15, 0.2) is 11.6 Å². The Hall–Kier alpha value is -4.23. The topological polar surface area (TPSA) is 27.7 Å². The Balaban J connectivity index is 1.49. The molecule has 0 saturated heterocycles. The number of rotatable bonds is 10. The van der Waals surface area contributed by atoms with Crippen molar-refractivity contribution < 1.29 is 62.5 Å². The zero-order chi connectivity index (χ0) is 33.1. The van der Waals surface area contributed by atoms with Crippen LogP contribution < -0.4 is 14.2 Å². The molecule has 1 fully saturated rings. The maximum atomic E-state index is 14.8. The lowest BCUT2D eigenvalue weighted by Crippen LogP contribution is -2.37. The van der Waals surface area contributed by atoms with Gasteiger partial charge in [-0.05, 0) is 73.9 Å². The second-order valence-electron chi connectivity index (χ2n) is 10.1. The molecule has 3 nitrogen and oxygen atoms in total. The first kappa shape index (κ1) is 33.7. The standard InChI is InChI=1S/C31H23F11O3/c1-2-3-16-4-8-19(9-5-16)30(39,40)44-20-10-6-17(7-11-20)18-12-22(32)26(23(33)13-18)31(41,42)45-21-14-24(34)27(25(35)15-21)43-29(38)28(36)37/h2-3,6-7,10-16,19H,4-5,8-9H2,1H3. The van der Waals surface area contributed by atoms with Gasteiger partial charge >= 0.3 is 24.3 Å². The van der Waals surface area contributed by atoms with Crippen LogP contribution in [-0.4, -0.2) is 6.11 Å². The predicted molar refractivity (Wildman–Crippen MR) is 139 cm³/mol. The summed E-state index contributed by atoms with van der Waals surface area (Å²) in [6, 6.07) is 2.90. The third kappa shape index (κ3) is 7.90. The molecule has 0 heterocycles. The van der Waals surface area contributed by atoms with Gasteiger partial charge in [-0.1, -0.05) is 24.3 Å². The Bertz CT molecular complexity index is 1530. The fourth-order valence-electron chi connectivity index (χ4n) is 4.91. The Morgan fingerprint density at radius 3 is 1.78 bits per heavy atom. The van der Waals surface area contributed by atoms with Crippen LogP contribution in [0.5, 0.6) is 17.2 Å². The lowest BCUT2D eigenvalue weighted by Gasteiger charge is -2.32. The van der Waals surface area contributed by atoms with Gasteiger partial charge in [-0.3, -0.25) is 0 Å². The van der Waals surface area contributed by atoms with E-state index in [0.717, 1.165) is 12.1 Å². The maximum absolute atomic E-state index is 14.8. The molecule has 3 aromatic carbocycles. The molecule has 14 heteroatoms. The second-order valence-corrected chi connectivity index (χ2v) is 10.1. The molecule has 0 unspecified atom stereocenters. The van der Waals surface area contributed by atoms with Crippen molar-refractivity contribution in [3.05, 3.63) is 102 Å². The van der Waals surface area contributed by atoms with Crippen LogP contribution in [-0.2, 0) is 6.11 Å². The van der Waals surface area contributed by atoms with Crippen LogP contribution in [0.2, 0.25) is 0 Å². The molecule has 45 heavy (non-hydrogen) atoms. The van der Waals surface area contributed by atoms with Gasteiger partial charge in [0.05, 0.1) is 5.92 Å². The summed E-state index contributed by atoms with van der Waals surface area (Å²) in [6.07, 6.45) is -5.89. The van der Waals surface area contributed by atoms with E-state index in [9.17, 15) is 48.3 Å². The molecule has 0 radical (unpaired) electrons. The maximum Gasteiger partial charge on any atom is 0.432 e. The normalized spacial score (nSPS) is 17.3. The summed E-state index contributed by atoms with van der Waals surface area (Å²) >= 11 is 0. The van der Waals surface area contributed by atoms with Crippen LogP contribution in [0.3, 0.4) is 0 Å². The average Bonchev–Trinajstić information content (AvgIpc) is 2.94. The van der Waals surface area contributed by atoms with E-state index in [-0.39, 0.29) is 47.8 Å². The first-order valence-corrected chi connectivity index (χ1v) is 13.4. The van der Waals surface area contributed by atoms with Crippen molar-refractivity contribution in [2.24, 2.45) is 11.8 Å². The van der Waals surface area contributed by atoms with Gasteiger partial charge in [-0.15, -0.1) is 0 Å². The molecule has 1 aliphatic carbocycles. The number of hydrogen-bond donors (Lipinski definition) is 0. The van der Waals surface area contributed by atoms with Gasteiger partial charge in [0.1, 0.15) is 28.7 Å². The third-order valence-corrected chi connectivity index (χ3v) is 7.04. The first-order chi connectivity index (χ1) is 21.1. The minimum atomic E-state index is -4.88. The van der Waals surface area contributed by atoms with Crippen molar-refractivity contribution in [3.63, 3.8) is 0 Å². The summed E-state index contributed by atoms with van der Waals surface area (Å²) in [5.41, 5.74) is -2.19. The SMILES string of the molecule is CC=CC1CCC(C(F)(F)Oc2ccc(-c3cc(F)c(C(F)(F)Oc4cc(F)c(OC(F)=C(F)F)c(F)c4)c(F)c3)cc2)CC1. The highest BCUT2D eigenvalue weighted by molar-refractivity contribution is 5.65. The van der Waals surface area contributed by atoms with Gasteiger partial charge in [-0.2, -0.15) is 30.7 Å². The van der Waals surface area contributed by atoms with Crippen LogP contribution in [0, 0.1) is 35.1 Å². The van der Waals surface area contributed by atoms with Crippen molar-refractivity contribution in [3.8, 4) is 28.4 Å². The summed E-state index contributed by atoms with van der Waals surface area (Å²) in [4.78, 5) is 0. The Morgan fingerprint density at radius 1 is 0.711 bits per heavy atom. The van der Waals surface area contributed by atoms with Crippen molar-refractivity contribution in [2.45, 2.75) is 44.8 Å². The fraction of sp³-hybridized carbons (Fsp3) is 0.290. The number of halogens is 11. The molecule has 0 atom stereocenters. The summed E-state index contributed by atoms with van der Waals surface area (Å²) in [7, 11) is 0. The number of allylic oxidation sites excluding steroid dienone is 2. The summed E-state index contributed by atoms with van der Waals surface area (Å²) < 4.78 is 167. The van der Waals surface area contributed by atoms with E-state index in [1.54, 1.807) is 0 Å². The number of benzene rings is 3. The molecule has 3 aromatic rings. The summed E-state index contributed by atoms with van der Waals surface area (Å²) in [5, 5.41) is 0. The van der Waals surface area contributed by atoms with Crippen LogP contribution in [0.15, 0.2) is 72.8 Å². The molecular formula is C31H23F11O3. The van der Waals surface area contributed by atoms with E-state index in [4.69, 9.17) is 4.74 Å². The van der Waals surface area contributed by atoms with E-state index in [1.165, 1.54) is 12.1 Å². The second kappa shape index (κ2) is 13.4. The third-order valence-electron chi connectivity index (χ3n) is 7.04. The van der Waals surface area contributed by atoms with Crippen LogP contribution >= 0.6 is 0 Å². The monoisotopic (exact) mass is 652 g/mol. The molecule has 1 aliphatic rings. The lowest BCUT2D eigenvalue weighted by molar-refractivity contribution is -0.223. The molecule has 0 amide bonds. The van der Waals surface area contributed by atoms with Gasteiger partial charge in [0.2, 0.25) is 5.75 Å². The number of alkyl halides is 4. The number of ether oxygens (including phenoxy) is 3. The quantitative estimate of drug-likeness (QED) is 0.124. The average molecular weight is 653 g/mol. The van der Waals surface area contributed by atoms with E-state index in [1.807, 2.05) is 19.1 Å². The molecule has 0 aliphatic heterocycles. The van der Waals surface area contributed by atoms with Crippen molar-refractivity contribution in [1.82, 2.24) is 0 Å². The summed E-state index contributed by atoms with van der Waals surface area (Å²) in [6.45, 7) is 1.86. The molecule has 4 rings (SSSR count). The minimum absolute atomic E-state index is 0.0120.